The van der Waals surface area contributed by atoms with Crippen molar-refractivity contribution < 1.29 is 19.3 Å². The fourth-order valence-electron chi connectivity index (χ4n) is 1.48. The lowest BCUT2D eigenvalue weighted by molar-refractivity contribution is -0.699. The molecule has 0 bridgehead atoms. The summed E-state index contributed by atoms with van der Waals surface area (Å²) in [5.41, 5.74) is 0. The Balaban J connectivity index is 2.24. The van der Waals surface area contributed by atoms with E-state index in [-0.39, 0.29) is 12.5 Å². The van der Waals surface area contributed by atoms with Crippen LogP contribution in [-0.4, -0.2) is 29.4 Å². The van der Waals surface area contributed by atoms with E-state index in [0.717, 1.165) is 6.54 Å². The lowest BCUT2D eigenvalue weighted by Gasteiger charge is -2.09. The van der Waals surface area contributed by atoms with Crippen LogP contribution < -0.4 is 9.88 Å². The van der Waals surface area contributed by atoms with Gasteiger partial charge < -0.3 is 10.4 Å². The van der Waals surface area contributed by atoms with Crippen molar-refractivity contribution in [3.63, 3.8) is 0 Å². The molecule has 1 unspecified atom stereocenters. The maximum atomic E-state index is 10.8. The van der Waals surface area contributed by atoms with E-state index in [2.05, 4.69) is 5.32 Å². The van der Waals surface area contributed by atoms with Gasteiger partial charge in [0.1, 0.15) is 0 Å². The third kappa shape index (κ3) is 5.21. The molecule has 0 aromatic carbocycles. The summed E-state index contributed by atoms with van der Waals surface area (Å²) < 4.78 is 2.02. The molecule has 1 heterocycles. The van der Waals surface area contributed by atoms with E-state index in [1.54, 1.807) is 0 Å². The highest BCUT2D eigenvalue weighted by Gasteiger charge is 2.12. The van der Waals surface area contributed by atoms with E-state index in [9.17, 15) is 9.59 Å². The van der Waals surface area contributed by atoms with Crippen molar-refractivity contribution in [2.24, 2.45) is 0 Å². The molecule has 0 aliphatic rings. The number of hydrogen-bond donors (Lipinski definition) is 2. The summed E-state index contributed by atoms with van der Waals surface area (Å²) in [6.07, 6.45) is 3.94. The molecule has 0 aliphatic carbocycles. The second-order valence-electron chi connectivity index (χ2n) is 3.91. The Kier molecular flexibility index (Phi) is 5.29. The van der Waals surface area contributed by atoms with E-state index < -0.39 is 11.8 Å². The van der Waals surface area contributed by atoms with Gasteiger partial charge in [-0.1, -0.05) is 6.07 Å². The summed E-state index contributed by atoms with van der Waals surface area (Å²) in [6.45, 7) is 3.16. The van der Waals surface area contributed by atoms with Gasteiger partial charge >= 0.3 is 5.97 Å². The topological polar surface area (TPSA) is 70.3 Å². The number of carbonyl (C=O) groups is 2. The highest BCUT2D eigenvalue weighted by molar-refractivity contribution is 6.32. The lowest BCUT2D eigenvalue weighted by atomic mass is 10.2. The number of ketones is 1. The Morgan fingerprint density at radius 3 is 2.53 bits per heavy atom. The van der Waals surface area contributed by atoms with Crippen molar-refractivity contribution >= 4 is 11.8 Å². The van der Waals surface area contributed by atoms with Crippen molar-refractivity contribution in [2.45, 2.75) is 25.9 Å². The van der Waals surface area contributed by atoms with Crippen LogP contribution in [0.1, 0.15) is 13.3 Å². The molecule has 0 aliphatic heterocycles. The van der Waals surface area contributed by atoms with Crippen molar-refractivity contribution in [3.8, 4) is 0 Å². The van der Waals surface area contributed by atoms with Gasteiger partial charge in [-0.15, -0.1) is 0 Å². The number of rotatable bonds is 7. The SMILES string of the molecule is CC(C[n+]1ccccc1)NCCC(=O)C(=O)O. The second-order valence-corrected chi connectivity index (χ2v) is 3.91. The normalized spacial score (nSPS) is 12.1. The minimum Gasteiger partial charge on any atom is -0.476 e. The highest BCUT2D eigenvalue weighted by Crippen LogP contribution is 1.87. The van der Waals surface area contributed by atoms with E-state index in [1.807, 2.05) is 42.1 Å². The first kappa shape index (κ1) is 13.3. The summed E-state index contributed by atoms with van der Waals surface area (Å²) in [5, 5.41) is 11.5. The maximum absolute atomic E-state index is 10.8. The van der Waals surface area contributed by atoms with Crippen LogP contribution >= 0.6 is 0 Å². The molecule has 0 fully saturated rings. The number of hydrogen-bond acceptors (Lipinski definition) is 3. The molecule has 1 aromatic heterocycles. The molecule has 0 radical (unpaired) electrons. The highest BCUT2D eigenvalue weighted by atomic mass is 16.4. The van der Waals surface area contributed by atoms with Gasteiger partial charge in [0.15, 0.2) is 18.9 Å². The molecule has 0 saturated carbocycles. The lowest BCUT2D eigenvalue weighted by Crippen LogP contribution is -2.44. The minimum absolute atomic E-state index is 0.0269. The molecule has 5 nitrogen and oxygen atoms in total. The van der Waals surface area contributed by atoms with Crippen molar-refractivity contribution in [1.82, 2.24) is 5.32 Å². The van der Waals surface area contributed by atoms with E-state index >= 15 is 0 Å². The third-order valence-electron chi connectivity index (χ3n) is 2.35. The fourth-order valence-corrected chi connectivity index (χ4v) is 1.48. The predicted molar refractivity (Wildman–Crippen MR) is 61.4 cm³/mol. The summed E-state index contributed by atoms with van der Waals surface area (Å²) in [6, 6.07) is 6.02. The van der Waals surface area contributed by atoms with Crippen molar-refractivity contribution in [2.75, 3.05) is 6.54 Å². The number of carbonyl (C=O) groups excluding carboxylic acids is 1. The van der Waals surface area contributed by atoms with Crippen LogP contribution in [0.2, 0.25) is 0 Å². The number of carboxylic acid groups (broad SMARTS) is 1. The number of nitrogens with one attached hydrogen (secondary N) is 1. The molecule has 1 aromatic rings. The average molecular weight is 237 g/mol. The summed E-state index contributed by atoms with van der Waals surface area (Å²) in [7, 11) is 0. The first-order valence-electron chi connectivity index (χ1n) is 5.53. The number of Topliss-reactive ketones (excluding diaryl/α,β-unsaturated/α-hetero) is 1. The monoisotopic (exact) mass is 237 g/mol. The Morgan fingerprint density at radius 1 is 1.29 bits per heavy atom. The zero-order chi connectivity index (χ0) is 12.7. The molecule has 17 heavy (non-hydrogen) atoms. The van der Waals surface area contributed by atoms with Crippen LogP contribution in [0.5, 0.6) is 0 Å². The van der Waals surface area contributed by atoms with Crippen molar-refractivity contribution in [1.29, 1.82) is 0 Å². The minimum atomic E-state index is -1.36. The zero-order valence-corrected chi connectivity index (χ0v) is 9.80. The Labute approximate surface area is 100 Å². The molecule has 2 N–H and O–H groups in total. The van der Waals surface area contributed by atoms with Gasteiger partial charge in [-0.3, -0.25) is 4.79 Å². The number of nitrogens with zero attached hydrogens (tertiary/aromatic N) is 1. The molecule has 0 amide bonds. The Bertz CT molecular complexity index is 379. The van der Waals surface area contributed by atoms with Crippen molar-refractivity contribution in [3.05, 3.63) is 30.6 Å². The Hall–Kier alpha value is -1.75. The maximum Gasteiger partial charge on any atom is 0.372 e. The van der Waals surface area contributed by atoms with Gasteiger partial charge in [-0.2, -0.15) is 0 Å². The van der Waals surface area contributed by atoms with Gasteiger partial charge in [-0.25, -0.2) is 9.36 Å². The van der Waals surface area contributed by atoms with Crippen LogP contribution in [0, 0.1) is 0 Å². The van der Waals surface area contributed by atoms with Crippen LogP contribution in [0.3, 0.4) is 0 Å². The second kappa shape index (κ2) is 6.75. The quantitative estimate of drug-likeness (QED) is 0.517. The van der Waals surface area contributed by atoms with E-state index in [1.165, 1.54) is 0 Å². The van der Waals surface area contributed by atoms with E-state index in [0.29, 0.717) is 6.54 Å². The van der Waals surface area contributed by atoms with Gasteiger partial charge in [0.25, 0.3) is 0 Å². The Morgan fingerprint density at radius 2 is 1.94 bits per heavy atom. The van der Waals surface area contributed by atoms with Crippen LogP contribution in [0.15, 0.2) is 30.6 Å². The first-order chi connectivity index (χ1) is 8.09. The number of aliphatic carboxylic acids is 1. The zero-order valence-electron chi connectivity index (χ0n) is 9.80. The van der Waals surface area contributed by atoms with Crippen LogP contribution in [0.25, 0.3) is 0 Å². The van der Waals surface area contributed by atoms with Gasteiger partial charge in [0, 0.05) is 25.1 Å². The standard InChI is InChI=1S/C12H16N2O3/c1-10(9-14-7-3-2-4-8-14)13-6-5-11(15)12(16)17/h2-4,7-8,10,13H,5-6,9H2,1H3/p+1. The molecular weight excluding hydrogens is 220 g/mol. The summed E-state index contributed by atoms with van der Waals surface area (Å²) >= 11 is 0. The molecule has 0 saturated heterocycles. The largest absolute Gasteiger partial charge is 0.476 e. The molecule has 5 heteroatoms. The van der Waals surface area contributed by atoms with Crippen LogP contribution in [-0.2, 0) is 16.1 Å². The molecule has 0 spiro atoms. The van der Waals surface area contributed by atoms with E-state index in [4.69, 9.17) is 5.11 Å². The average Bonchev–Trinajstić information content (AvgIpc) is 2.30. The molecule has 1 atom stereocenters. The van der Waals surface area contributed by atoms with Gasteiger partial charge in [0.2, 0.25) is 5.78 Å². The summed E-state index contributed by atoms with van der Waals surface area (Å²) in [5.74, 6) is -2.12. The first-order valence-corrected chi connectivity index (χ1v) is 5.53. The third-order valence-corrected chi connectivity index (χ3v) is 2.35. The smallest absolute Gasteiger partial charge is 0.372 e. The molecular formula is C12H17N2O3+. The number of pyridine rings is 1. The van der Waals surface area contributed by atoms with Gasteiger partial charge in [0.05, 0.1) is 6.04 Å². The number of carboxylic acids is 1. The molecule has 92 valence electrons. The number of aromatic nitrogens is 1. The summed E-state index contributed by atoms with van der Waals surface area (Å²) in [4.78, 5) is 21.1. The fraction of sp³-hybridized carbons (Fsp3) is 0.417. The predicted octanol–water partition coefficient (Wildman–Crippen LogP) is -0.00400. The van der Waals surface area contributed by atoms with Gasteiger partial charge in [-0.05, 0) is 6.92 Å². The van der Waals surface area contributed by atoms with Crippen LogP contribution in [0.4, 0.5) is 0 Å². The molecule has 1 rings (SSSR count).